The summed E-state index contributed by atoms with van der Waals surface area (Å²) >= 11 is 1.63. The van der Waals surface area contributed by atoms with Gasteiger partial charge in [-0.25, -0.2) is 9.18 Å². The van der Waals surface area contributed by atoms with E-state index in [-0.39, 0.29) is 17.2 Å². The van der Waals surface area contributed by atoms with Crippen molar-refractivity contribution in [3.05, 3.63) is 101 Å². The molecule has 1 aliphatic heterocycles. The summed E-state index contributed by atoms with van der Waals surface area (Å²) in [7, 11) is 0. The topological polar surface area (TPSA) is 85.3 Å². The maximum Gasteiger partial charge on any atom is 0.343 e. The Hall–Kier alpha value is -3.76. The van der Waals surface area contributed by atoms with Crippen LogP contribution in [0.25, 0.3) is 0 Å². The van der Waals surface area contributed by atoms with E-state index in [0.717, 1.165) is 16.0 Å². The summed E-state index contributed by atoms with van der Waals surface area (Å²) in [6.07, 6.45) is 1.99. The Balaban J connectivity index is 1.67. The van der Waals surface area contributed by atoms with Crippen LogP contribution in [0.1, 0.15) is 27.4 Å². The molecular formula is C24H17FN2O3S. The van der Waals surface area contributed by atoms with Crippen LogP contribution in [0.15, 0.2) is 83.1 Å². The third-order valence-electron chi connectivity index (χ3n) is 4.93. The molecule has 3 aromatic rings. The van der Waals surface area contributed by atoms with Crippen molar-refractivity contribution in [2.75, 3.05) is 6.26 Å². The molecule has 5 nitrogen and oxygen atoms in total. The second kappa shape index (κ2) is 8.54. The van der Waals surface area contributed by atoms with Crippen molar-refractivity contribution in [3.63, 3.8) is 0 Å². The van der Waals surface area contributed by atoms with Crippen molar-refractivity contribution in [2.24, 2.45) is 5.73 Å². The van der Waals surface area contributed by atoms with Crippen LogP contribution in [-0.2, 0) is 0 Å². The van der Waals surface area contributed by atoms with Crippen LogP contribution in [0.2, 0.25) is 0 Å². The number of nitrogens with two attached hydrogens (primary N) is 1. The first kappa shape index (κ1) is 20.5. The first-order valence-electron chi connectivity index (χ1n) is 9.33. The van der Waals surface area contributed by atoms with Gasteiger partial charge in [-0.05, 0) is 54.3 Å². The number of esters is 1. The summed E-state index contributed by atoms with van der Waals surface area (Å²) in [5, 5.41) is 9.67. The smallest absolute Gasteiger partial charge is 0.343 e. The standard InChI is InChI=1S/C24H17FN2O3S/c1-31-18-9-4-14(5-10-18)22-19-11-8-17(12-21(19)30-23(27)20(22)13-26)29-24(28)15-2-6-16(25)7-3-15/h2-12,22H,27H2,1H3/t22-/m1/s1. The fourth-order valence-electron chi connectivity index (χ4n) is 3.39. The SMILES string of the molecule is CSc1ccc([C@H]2C(C#N)=C(N)Oc3cc(OC(=O)c4ccc(F)cc4)ccc32)cc1. The Morgan fingerprint density at radius 1 is 1.13 bits per heavy atom. The minimum Gasteiger partial charge on any atom is -0.440 e. The highest BCUT2D eigenvalue weighted by atomic mass is 32.2. The molecule has 0 spiro atoms. The molecule has 1 aliphatic rings. The fraction of sp³-hybridized carbons (Fsp3) is 0.0833. The molecule has 7 heteroatoms. The summed E-state index contributed by atoms with van der Waals surface area (Å²) in [6.45, 7) is 0. The number of nitriles is 1. The number of carbonyl (C=O) groups excluding carboxylic acids is 1. The lowest BCUT2D eigenvalue weighted by Gasteiger charge is -2.26. The summed E-state index contributed by atoms with van der Waals surface area (Å²) in [5.74, 6) is -0.799. The third kappa shape index (κ3) is 4.11. The van der Waals surface area contributed by atoms with E-state index < -0.39 is 17.7 Å². The highest BCUT2D eigenvalue weighted by molar-refractivity contribution is 7.98. The maximum atomic E-state index is 13.1. The predicted octanol–water partition coefficient (Wildman–Crippen LogP) is 4.98. The van der Waals surface area contributed by atoms with Crippen molar-refractivity contribution in [3.8, 4) is 17.6 Å². The molecule has 0 fully saturated rings. The van der Waals surface area contributed by atoms with E-state index >= 15 is 0 Å². The molecule has 4 rings (SSSR count). The highest BCUT2D eigenvalue weighted by Gasteiger charge is 2.31. The second-order valence-corrected chi connectivity index (χ2v) is 7.67. The Kier molecular flexibility index (Phi) is 5.65. The molecule has 0 unspecified atom stereocenters. The molecule has 31 heavy (non-hydrogen) atoms. The molecule has 2 N–H and O–H groups in total. The number of allylic oxidation sites excluding steroid dienone is 1. The first-order valence-corrected chi connectivity index (χ1v) is 10.6. The normalized spacial score (nSPS) is 14.9. The zero-order chi connectivity index (χ0) is 22.0. The van der Waals surface area contributed by atoms with E-state index in [0.29, 0.717) is 11.3 Å². The van der Waals surface area contributed by atoms with Crippen LogP contribution in [-0.4, -0.2) is 12.2 Å². The molecule has 3 aromatic carbocycles. The van der Waals surface area contributed by atoms with Gasteiger partial charge in [-0.1, -0.05) is 18.2 Å². The number of thioether (sulfide) groups is 1. The molecule has 0 radical (unpaired) electrons. The highest BCUT2D eigenvalue weighted by Crippen LogP contribution is 2.43. The average molecular weight is 432 g/mol. The number of hydrogen-bond donors (Lipinski definition) is 1. The molecule has 0 aliphatic carbocycles. The Labute approximate surface area is 182 Å². The summed E-state index contributed by atoms with van der Waals surface area (Å²) < 4.78 is 24.1. The van der Waals surface area contributed by atoms with Gasteiger partial charge in [0.15, 0.2) is 0 Å². The second-order valence-electron chi connectivity index (χ2n) is 6.79. The van der Waals surface area contributed by atoms with E-state index in [2.05, 4.69) is 6.07 Å². The minimum absolute atomic E-state index is 0.0101. The van der Waals surface area contributed by atoms with Gasteiger partial charge in [-0.3, -0.25) is 0 Å². The first-order chi connectivity index (χ1) is 15.0. The van der Waals surface area contributed by atoms with Gasteiger partial charge in [-0.15, -0.1) is 11.8 Å². The minimum atomic E-state index is -0.624. The zero-order valence-electron chi connectivity index (χ0n) is 16.5. The Bertz CT molecular complexity index is 1220. The van der Waals surface area contributed by atoms with Gasteiger partial charge in [0.2, 0.25) is 5.88 Å². The number of hydrogen-bond acceptors (Lipinski definition) is 6. The van der Waals surface area contributed by atoms with E-state index in [9.17, 15) is 14.4 Å². The molecule has 0 amide bonds. The van der Waals surface area contributed by atoms with Gasteiger partial charge in [0, 0.05) is 16.5 Å². The lowest BCUT2D eigenvalue weighted by Crippen LogP contribution is -2.21. The summed E-state index contributed by atoms with van der Waals surface area (Å²) in [5.41, 5.74) is 8.21. The molecule has 1 heterocycles. The van der Waals surface area contributed by atoms with Crippen molar-refractivity contribution < 1.29 is 18.7 Å². The van der Waals surface area contributed by atoms with E-state index in [1.807, 2.05) is 30.5 Å². The lowest BCUT2D eigenvalue weighted by molar-refractivity contribution is 0.0734. The molecule has 1 atom stereocenters. The third-order valence-corrected chi connectivity index (χ3v) is 5.67. The van der Waals surface area contributed by atoms with Crippen molar-refractivity contribution in [1.29, 1.82) is 5.26 Å². The fourth-order valence-corrected chi connectivity index (χ4v) is 3.80. The van der Waals surface area contributed by atoms with Crippen LogP contribution in [0.3, 0.4) is 0 Å². The molecule has 0 aromatic heterocycles. The van der Waals surface area contributed by atoms with Gasteiger partial charge < -0.3 is 15.2 Å². The Morgan fingerprint density at radius 2 is 1.84 bits per heavy atom. The molecule has 0 saturated heterocycles. The summed E-state index contributed by atoms with van der Waals surface area (Å²) in [6, 6.07) is 20.0. The monoisotopic (exact) mass is 432 g/mol. The van der Waals surface area contributed by atoms with Gasteiger partial charge >= 0.3 is 5.97 Å². The predicted molar refractivity (Wildman–Crippen MR) is 115 cm³/mol. The van der Waals surface area contributed by atoms with Crippen LogP contribution in [0.4, 0.5) is 4.39 Å². The number of halogens is 1. The van der Waals surface area contributed by atoms with Gasteiger partial charge in [-0.2, -0.15) is 5.26 Å². The van der Waals surface area contributed by atoms with E-state index in [1.54, 1.807) is 30.0 Å². The van der Waals surface area contributed by atoms with Gasteiger partial charge in [0.1, 0.15) is 29.0 Å². The number of ether oxygens (including phenoxy) is 2. The van der Waals surface area contributed by atoms with E-state index in [4.69, 9.17) is 15.2 Å². The van der Waals surface area contributed by atoms with Crippen LogP contribution >= 0.6 is 11.8 Å². The number of nitrogens with zero attached hydrogens (tertiary/aromatic N) is 1. The lowest BCUT2D eigenvalue weighted by atomic mass is 9.83. The van der Waals surface area contributed by atoms with Crippen LogP contribution in [0.5, 0.6) is 11.5 Å². The van der Waals surface area contributed by atoms with Crippen molar-refractivity contribution in [2.45, 2.75) is 10.8 Å². The maximum absolute atomic E-state index is 13.1. The number of benzene rings is 3. The Morgan fingerprint density at radius 3 is 2.48 bits per heavy atom. The molecule has 0 bridgehead atoms. The van der Waals surface area contributed by atoms with Gasteiger partial charge in [0.05, 0.1) is 11.5 Å². The molecule has 154 valence electrons. The van der Waals surface area contributed by atoms with E-state index in [1.165, 1.54) is 24.3 Å². The molecule has 0 saturated carbocycles. The van der Waals surface area contributed by atoms with Crippen LogP contribution in [0, 0.1) is 17.1 Å². The summed E-state index contributed by atoms with van der Waals surface area (Å²) in [4.78, 5) is 13.4. The average Bonchev–Trinajstić information content (AvgIpc) is 2.78. The van der Waals surface area contributed by atoms with Crippen molar-refractivity contribution >= 4 is 17.7 Å². The van der Waals surface area contributed by atoms with Crippen LogP contribution < -0.4 is 15.2 Å². The zero-order valence-corrected chi connectivity index (χ0v) is 17.3. The number of rotatable bonds is 4. The quantitative estimate of drug-likeness (QED) is 0.355. The molecular weight excluding hydrogens is 415 g/mol. The van der Waals surface area contributed by atoms with Gasteiger partial charge in [0.25, 0.3) is 0 Å². The van der Waals surface area contributed by atoms with Crippen molar-refractivity contribution in [1.82, 2.24) is 0 Å². The number of fused-ring (bicyclic) bond motifs is 1. The number of carbonyl (C=O) groups is 1. The largest absolute Gasteiger partial charge is 0.440 e.